The topological polar surface area (TPSA) is 69.6 Å². The van der Waals surface area contributed by atoms with Crippen LogP contribution in [0.5, 0.6) is 0 Å². The van der Waals surface area contributed by atoms with Gasteiger partial charge in [-0.1, -0.05) is 13.8 Å². The molecule has 1 saturated heterocycles. The van der Waals surface area contributed by atoms with E-state index in [2.05, 4.69) is 5.32 Å². The summed E-state index contributed by atoms with van der Waals surface area (Å²) in [7, 11) is 0. The second-order valence-corrected chi connectivity index (χ2v) is 5.22. The van der Waals surface area contributed by atoms with Gasteiger partial charge in [0.05, 0.1) is 12.0 Å². The number of carbonyl (C=O) groups excluding carboxylic acids is 2. The summed E-state index contributed by atoms with van der Waals surface area (Å²) in [5, 5.41) is 12.4. The predicted molar refractivity (Wildman–Crippen MR) is 68.8 cm³/mol. The third-order valence-electron chi connectivity index (χ3n) is 3.48. The van der Waals surface area contributed by atoms with E-state index >= 15 is 0 Å². The fourth-order valence-corrected chi connectivity index (χ4v) is 2.07. The zero-order valence-electron chi connectivity index (χ0n) is 11.5. The summed E-state index contributed by atoms with van der Waals surface area (Å²) in [4.78, 5) is 25.0. The molecule has 2 atom stereocenters. The molecule has 1 aliphatic rings. The van der Waals surface area contributed by atoms with Gasteiger partial charge in [0.1, 0.15) is 0 Å². The van der Waals surface area contributed by atoms with E-state index in [0.29, 0.717) is 32.5 Å². The maximum atomic E-state index is 11.8. The Balaban J connectivity index is 2.28. The Morgan fingerprint density at radius 2 is 2.22 bits per heavy atom. The standard InChI is InChI=1S/C13H24N2O3/c1-4-15-8-10(7-12(15)17)13(18)14-6-5-11(16)9(2)3/h9-11,16H,4-8H2,1-3H3,(H,14,18). The average molecular weight is 256 g/mol. The Hall–Kier alpha value is -1.10. The van der Waals surface area contributed by atoms with Crippen LogP contribution in [0.3, 0.4) is 0 Å². The van der Waals surface area contributed by atoms with E-state index in [0.717, 1.165) is 0 Å². The molecule has 0 radical (unpaired) electrons. The second kappa shape index (κ2) is 6.73. The quantitative estimate of drug-likeness (QED) is 0.722. The highest BCUT2D eigenvalue weighted by atomic mass is 16.3. The van der Waals surface area contributed by atoms with Crippen LogP contribution < -0.4 is 5.32 Å². The Kier molecular flexibility index (Phi) is 5.59. The van der Waals surface area contributed by atoms with Crippen molar-refractivity contribution in [2.45, 2.75) is 39.7 Å². The summed E-state index contributed by atoms with van der Waals surface area (Å²) in [5.74, 6) is -0.0469. The smallest absolute Gasteiger partial charge is 0.225 e. The van der Waals surface area contributed by atoms with Gasteiger partial charge in [0, 0.05) is 26.1 Å². The number of nitrogens with zero attached hydrogens (tertiary/aromatic N) is 1. The van der Waals surface area contributed by atoms with Crippen LogP contribution in [0.4, 0.5) is 0 Å². The Labute approximate surface area is 109 Å². The maximum absolute atomic E-state index is 11.8. The lowest BCUT2D eigenvalue weighted by atomic mass is 10.0. The van der Waals surface area contributed by atoms with Gasteiger partial charge >= 0.3 is 0 Å². The molecule has 0 saturated carbocycles. The number of hydrogen-bond donors (Lipinski definition) is 2. The van der Waals surface area contributed by atoms with Crippen molar-refractivity contribution < 1.29 is 14.7 Å². The molecular weight excluding hydrogens is 232 g/mol. The molecule has 2 amide bonds. The van der Waals surface area contributed by atoms with Crippen molar-refractivity contribution in [3.8, 4) is 0 Å². The molecule has 1 heterocycles. The predicted octanol–water partition coefficient (Wildman–Crippen LogP) is 0.378. The van der Waals surface area contributed by atoms with Crippen LogP contribution in [-0.2, 0) is 9.59 Å². The summed E-state index contributed by atoms with van der Waals surface area (Å²) >= 11 is 0. The van der Waals surface area contributed by atoms with Crippen LogP contribution >= 0.6 is 0 Å². The van der Waals surface area contributed by atoms with Crippen LogP contribution in [-0.4, -0.2) is 47.6 Å². The van der Waals surface area contributed by atoms with Gasteiger partial charge < -0.3 is 15.3 Å². The largest absolute Gasteiger partial charge is 0.393 e. The van der Waals surface area contributed by atoms with Gasteiger partial charge in [-0.2, -0.15) is 0 Å². The first-order chi connectivity index (χ1) is 8.45. The van der Waals surface area contributed by atoms with Gasteiger partial charge in [0.25, 0.3) is 0 Å². The van der Waals surface area contributed by atoms with Crippen LogP contribution in [0.1, 0.15) is 33.6 Å². The summed E-state index contributed by atoms with van der Waals surface area (Å²) < 4.78 is 0. The van der Waals surface area contributed by atoms with Gasteiger partial charge in [-0.15, -0.1) is 0 Å². The number of nitrogens with one attached hydrogen (secondary N) is 1. The van der Waals surface area contributed by atoms with E-state index in [1.807, 2.05) is 20.8 Å². The van der Waals surface area contributed by atoms with E-state index in [9.17, 15) is 14.7 Å². The van der Waals surface area contributed by atoms with Crippen molar-refractivity contribution in [1.82, 2.24) is 10.2 Å². The molecule has 104 valence electrons. The third kappa shape index (κ3) is 3.98. The third-order valence-corrected chi connectivity index (χ3v) is 3.48. The molecule has 18 heavy (non-hydrogen) atoms. The zero-order valence-corrected chi connectivity index (χ0v) is 11.5. The summed E-state index contributed by atoms with van der Waals surface area (Å²) in [5.41, 5.74) is 0. The molecule has 0 aromatic rings. The van der Waals surface area contributed by atoms with E-state index < -0.39 is 0 Å². The van der Waals surface area contributed by atoms with E-state index in [1.54, 1.807) is 4.90 Å². The minimum Gasteiger partial charge on any atom is -0.393 e. The van der Waals surface area contributed by atoms with E-state index in [-0.39, 0.29) is 29.8 Å². The molecule has 2 unspecified atom stereocenters. The fraction of sp³-hybridized carbons (Fsp3) is 0.846. The number of rotatable bonds is 6. The monoisotopic (exact) mass is 256 g/mol. The molecule has 2 N–H and O–H groups in total. The van der Waals surface area contributed by atoms with Gasteiger partial charge in [0.15, 0.2) is 0 Å². The van der Waals surface area contributed by atoms with Gasteiger partial charge in [-0.3, -0.25) is 9.59 Å². The Morgan fingerprint density at radius 3 is 2.72 bits per heavy atom. The highest BCUT2D eigenvalue weighted by Gasteiger charge is 2.33. The average Bonchev–Trinajstić information content (AvgIpc) is 2.70. The maximum Gasteiger partial charge on any atom is 0.225 e. The van der Waals surface area contributed by atoms with Gasteiger partial charge in [-0.25, -0.2) is 0 Å². The van der Waals surface area contributed by atoms with E-state index in [1.165, 1.54) is 0 Å². The molecule has 5 nitrogen and oxygen atoms in total. The minimum atomic E-state index is -0.386. The van der Waals surface area contributed by atoms with Crippen molar-refractivity contribution in [2.75, 3.05) is 19.6 Å². The number of hydrogen-bond acceptors (Lipinski definition) is 3. The zero-order chi connectivity index (χ0) is 13.7. The van der Waals surface area contributed by atoms with Crippen molar-refractivity contribution in [1.29, 1.82) is 0 Å². The van der Waals surface area contributed by atoms with Gasteiger partial charge in [-0.05, 0) is 19.3 Å². The molecule has 1 rings (SSSR count). The molecule has 0 aliphatic carbocycles. The first kappa shape index (κ1) is 15.0. The van der Waals surface area contributed by atoms with Gasteiger partial charge in [0.2, 0.25) is 11.8 Å². The van der Waals surface area contributed by atoms with Crippen LogP contribution in [0.25, 0.3) is 0 Å². The fourth-order valence-electron chi connectivity index (χ4n) is 2.07. The number of amides is 2. The highest BCUT2D eigenvalue weighted by molar-refractivity contribution is 5.89. The first-order valence-electron chi connectivity index (χ1n) is 6.69. The van der Waals surface area contributed by atoms with Crippen molar-refractivity contribution in [3.63, 3.8) is 0 Å². The van der Waals surface area contributed by atoms with Crippen molar-refractivity contribution >= 4 is 11.8 Å². The Bertz CT molecular complexity index is 305. The highest BCUT2D eigenvalue weighted by Crippen LogP contribution is 2.17. The summed E-state index contributed by atoms with van der Waals surface area (Å²) in [6, 6.07) is 0. The number of aliphatic hydroxyl groups excluding tert-OH is 1. The molecular formula is C13H24N2O3. The molecule has 0 aromatic carbocycles. The minimum absolute atomic E-state index is 0.0554. The lowest BCUT2D eigenvalue weighted by Crippen LogP contribution is -2.35. The first-order valence-corrected chi connectivity index (χ1v) is 6.69. The molecule has 0 aromatic heterocycles. The lowest BCUT2D eigenvalue weighted by Gasteiger charge is -2.16. The molecule has 5 heteroatoms. The SMILES string of the molecule is CCN1CC(C(=O)NCCC(O)C(C)C)CC1=O. The van der Waals surface area contributed by atoms with Crippen LogP contribution in [0, 0.1) is 11.8 Å². The Morgan fingerprint density at radius 1 is 1.56 bits per heavy atom. The van der Waals surface area contributed by atoms with Crippen molar-refractivity contribution in [3.05, 3.63) is 0 Å². The van der Waals surface area contributed by atoms with Crippen LogP contribution in [0.15, 0.2) is 0 Å². The van der Waals surface area contributed by atoms with E-state index in [4.69, 9.17) is 0 Å². The lowest BCUT2D eigenvalue weighted by molar-refractivity contribution is -0.128. The molecule has 0 bridgehead atoms. The normalized spacial score (nSPS) is 21.5. The van der Waals surface area contributed by atoms with Crippen LogP contribution in [0.2, 0.25) is 0 Å². The number of likely N-dealkylation sites (tertiary alicyclic amines) is 1. The summed E-state index contributed by atoms with van der Waals surface area (Å²) in [6.07, 6.45) is 0.483. The van der Waals surface area contributed by atoms with Crippen molar-refractivity contribution in [2.24, 2.45) is 11.8 Å². The second-order valence-electron chi connectivity index (χ2n) is 5.22. The molecule has 1 aliphatic heterocycles. The molecule has 0 spiro atoms. The molecule has 1 fully saturated rings. The summed E-state index contributed by atoms with van der Waals surface area (Å²) in [6.45, 7) is 7.46. The number of carbonyl (C=O) groups is 2. The number of aliphatic hydroxyl groups is 1.